The van der Waals surface area contributed by atoms with Crippen LogP contribution in [0.5, 0.6) is 0 Å². The molecule has 1 aliphatic heterocycles. The summed E-state index contributed by atoms with van der Waals surface area (Å²) in [6, 6.07) is 4.01. The van der Waals surface area contributed by atoms with Crippen LogP contribution in [0.1, 0.15) is 32.0 Å². The Labute approximate surface area is 114 Å². The molecule has 1 fully saturated rings. The molecule has 0 spiro atoms. The molecule has 4 heteroatoms. The van der Waals surface area contributed by atoms with Gasteiger partial charge in [0.2, 0.25) is 0 Å². The Morgan fingerprint density at radius 3 is 2.83 bits per heavy atom. The number of hydrogen-bond donors (Lipinski definition) is 1. The Morgan fingerprint density at radius 1 is 1.44 bits per heavy atom. The van der Waals surface area contributed by atoms with E-state index in [1.54, 1.807) is 0 Å². The SMILES string of the molecule is CCc1cc(CO)cc(N2CCSC(C)(C)C2)n1. The molecule has 2 heterocycles. The number of rotatable bonds is 3. The minimum Gasteiger partial charge on any atom is -0.392 e. The number of nitrogens with zero attached hydrogens (tertiary/aromatic N) is 2. The van der Waals surface area contributed by atoms with Crippen LogP contribution >= 0.6 is 11.8 Å². The van der Waals surface area contributed by atoms with Crippen LogP contribution in [0.2, 0.25) is 0 Å². The molecule has 0 unspecified atom stereocenters. The second kappa shape index (κ2) is 5.49. The quantitative estimate of drug-likeness (QED) is 0.912. The van der Waals surface area contributed by atoms with E-state index in [-0.39, 0.29) is 11.4 Å². The third-order valence-electron chi connectivity index (χ3n) is 3.22. The largest absolute Gasteiger partial charge is 0.392 e. The fourth-order valence-corrected chi connectivity index (χ4v) is 3.39. The molecule has 0 atom stereocenters. The fourth-order valence-electron chi connectivity index (χ4n) is 2.28. The van der Waals surface area contributed by atoms with Crippen molar-refractivity contribution in [1.29, 1.82) is 0 Å². The van der Waals surface area contributed by atoms with E-state index in [1.165, 1.54) is 0 Å². The molecule has 0 saturated carbocycles. The van der Waals surface area contributed by atoms with Crippen molar-refractivity contribution < 1.29 is 5.11 Å². The van der Waals surface area contributed by atoms with Gasteiger partial charge in [0.05, 0.1) is 6.61 Å². The zero-order valence-electron chi connectivity index (χ0n) is 11.4. The standard InChI is InChI=1S/C14H22N2OS/c1-4-12-7-11(9-17)8-13(15-12)16-5-6-18-14(2,3)10-16/h7-8,17H,4-6,9-10H2,1-3H3. The van der Waals surface area contributed by atoms with Crippen molar-refractivity contribution >= 4 is 17.6 Å². The normalized spacial score (nSPS) is 19.0. The summed E-state index contributed by atoms with van der Waals surface area (Å²) in [5, 5.41) is 9.33. The van der Waals surface area contributed by atoms with Crippen LogP contribution in [0.4, 0.5) is 5.82 Å². The molecule has 0 bridgehead atoms. The number of thioether (sulfide) groups is 1. The highest BCUT2D eigenvalue weighted by Crippen LogP contribution is 2.31. The maximum Gasteiger partial charge on any atom is 0.129 e. The van der Waals surface area contributed by atoms with Crippen molar-refractivity contribution in [3.63, 3.8) is 0 Å². The number of aromatic nitrogens is 1. The van der Waals surface area contributed by atoms with Gasteiger partial charge < -0.3 is 10.0 Å². The first-order chi connectivity index (χ1) is 8.54. The highest BCUT2D eigenvalue weighted by Gasteiger charge is 2.27. The van der Waals surface area contributed by atoms with Crippen molar-refractivity contribution in [3.05, 3.63) is 23.4 Å². The summed E-state index contributed by atoms with van der Waals surface area (Å²) in [5.41, 5.74) is 2.03. The Kier molecular flexibility index (Phi) is 4.17. The van der Waals surface area contributed by atoms with Gasteiger partial charge in [-0.15, -0.1) is 0 Å². The lowest BCUT2D eigenvalue weighted by molar-refractivity contribution is 0.281. The van der Waals surface area contributed by atoms with Gasteiger partial charge >= 0.3 is 0 Å². The van der Waals surface area contributed by atoms with E-state index in [9.17, 15) is 5.11 Å². The molecule has 1 aromatic rings. The van der Waals surface area contributed by atoms with E-state index >= 15 is 0 Å². The summed E-state index contributed by atoms with van der Waals surface area (Å²) >= 11 is 2.02. The summed E-state index contributed by atoms with van der Waals surface area (Å²) in [6.07, 6.45) is 0.910. The van der Waals surface area contributed by atoms with Gasteiger partial charge in [0.25, 0.3) is 0 Å². The van der Waals surface area contributed by atoms with Gasteiger partial charge in [0, 0.05) is 29.3 Å². The summed E-state index contributed by atoms with van der Waals surface area (Å²) in [5.74, 6) is 2.16. The molecule has 0 radical (unpaired) electrons. The molecule has 18 heavy (non-hydrogen) atoms. The van der Waals surface area contributed by atoms with Crippen LogP contribution in [0.3, 0.4) is 0 Å². The van der Waals surface area contributed by atoms with Crippen LogP contribution in [0, 0.1) is 0 Å². The van der Waals surface area contributed by atoms with E-state index in [0.717, 1.165) is 42.3 Å². The number of pyridine rings is 1. The van der Waals surface area contributed by atoms with Gasteiger partial charge in [-0.05, 0) is 38.0 Å². The van der Waals surface area contributed by atoms with Crippen LogP contribution < -0.4 is 4.90 Å². The second-order valence-electron chi connectivity index (χ2n) is 5.37. The molecule has 3 nitrogen and oxygen atoms in total. The highest BCUT2D eigenvalue weighted by atomic mass is 32.2. The Morgan fingerprint density at radius 2 is 2.22 bits per heavy atom. The molecule has 1 N–H and O–H groups in total. The van der Waals surface area contributed by atoms with E-state index in [1.807, 2.05) is 23.9 Å². The Bertz CT molecular complexity index is 398. The first-order valence-electron chi connectivity index (χ1n) is 6.53. The third kappa shape index (κ3) is 3.18. The van der Waals surface area contributed by atoms with Crippen molar-refractivity contribution in [2.45, 2.75) is 38.5 Å². The lowest BCUT2D eigenvalue weighted by Crippen LogP contribution is -2.43. The molecule has 0 aliphatic carbocycles. The van der Waals surface area contributed by atoms with E-state index in [4.69, 9.17) is 4.98 Å². The monoisotopic (exact) mass is 266 g/mol. The minimum atomic E-state index is 0.0918. The third-order valence-corrected chi connectivity index (χ3v) is 4.52. The average molecular weight is 266 g/mol. The smallest absolute Gasteiger partial charge is 0.129 e. The maximum atomic E-state index is 9.33. The van der Waals surface area contributed by atoms with Gasteiger partial charge in [-0.2, -0.15) is 11.8 Å². The van der Waals surface area contributed by atoms with Gasteiger partial charge in [0.15, 0.2) is 0 Å². The van der Waals surface area contributed by atoms with Crippen LogP contribution in [-0.2, 0) is 13.0 Å². The number of anilines is 1. The molecule has 1 aromatic heterocycles. The number of aliphatic hydroxyl groups excluding tert-OH is 1. The molecule has 2 rings (SSSR count). The van der Waals surface area contributed by atoms with Gasteiger partial charge in [-0.25, -0.2) is 4.98 Å². The lowest BCUT2D eigenvalue weighted by atomic mass is 10.1. The van der Waals surface area contributed by atoms with Gasteiger partial charge in [0.1, 0.15) is 5.82 Å². The minimum absolute atomic E-state index is 0.0918. The van der Waals surface area contributed by atoms with Gasteiger partial charge in [-0.3, -0.25) is 0 Å². The summed E-state index contributed by atoms with van der Waals surface area (Å²) in [6.45, 7) is 8.81. The predicted molar refractivity (Wildman–Crippen MR) is 78.3 cm³/mol. The van der Waals surface area contributed by atoms with Crippen molar-refractivity contribution in [2.24, 2.45) is 0 Å². The maximum absolute atomic E-state index is 9.33. The first-order valence-corrected chi connectivity index (χ1v) is 7.52. The van der Waals surface area contributed by atoms with Crippen LogP contribution in [-0.4, -0.2) is 33.7 Å². The molecular weight excluding hydrogens is 244 g/mol. The molecular formula is C14H22N2OS. The van der Waals surface area contributed by atoms with Crippen LogP contribution in [0.25, 0.3) is 0 Å². The molecule has 1 aliphatic rings. The molecule has 1 saturated heterocycles. The van der Waals surface area contributed by atoms with E-state index in [2.05, 4.69) is 25.7 Å². The average Bonchev–Trinajstić information content (AvgIpc) is 2.37. The van der Waals surface area contributed by atoms with Crippen molar-refractivity contribution in [2.75, 3.05) is 23.7 Å². The van der Waals surface area contributed by atoms with Crippen molar-refractivity contribution in [3.8, 4) is 0 Å². The number of aryl methyl sites for hydroxylation is 1. The Hall–Kier alpha value is -0.740. The molecule has 0 amide bonds. The van der Waals surface area contributed by atoms with E-state index in [0.29, 0.717) is 0 Å². The van der Waals surface area contributed by atoms with Gasteiger partial charge in [-0.1, -0.05) is 6.92 Å². The Balaban J connectivity index is 2.26. The molecule has 100 valence electrons. The van der Waals surface area contributed by atoms with Crippen molar-refractivity contribution in [1.82, 2.24) is 4.98 Å². The van der Waals surface area contributed by atoms with E-state index < -0.39 is 0 Å². The highest BCUT2D eigenvalue weighted by molar-refractivity contribution is 8.00. The zero-order valence-corrected chi connectivity index (χ0v) is 12.3. The number of aliphatic hydroxyl groups is 1. The summed E-state index contributed by atoms with van der Waals surface area (Å²) in [4.78, 5) is 7.04. The van der Waals surface area contributed by atoms with Crippen LogP contribution in [0.15, 0.2) is 12.1 Å². The first kappa shape index (κ1) is 13.7. The number of hydrogen-bond acceptors (Lipinski definition) is 4. The lowest BCUT2D eigenvalue weighted by Gasteiger charge is -2.38. The topological polar surface area (TPSA) is 36.4 Å². The summed E-state index contributed by atoms with van der Waals surface area (Å²) < 4.78 is 0.279. The second-order valence-corrected chi connectivity index (χ2v) is 7.17. The molecule has 0 aromatic carbocycles. The fraction of sp³-hybridized carbons (Fsp3) is 0.643. The zero-order chi connectivity index (χ0) is 13.2. The predicted octanol–water partition coefficient (Wildman–Crippen LogP) is 2.47. The summed E-state index contributed by atoms with van der Waals surface area (Å²) in [7, 11) is 0.